The van der Waals surface area contributed by atoms with E-state index in [2.05, 4.69) is 29.1 Å². The van der Waals surface area contributed by atoms with Crippen LogP contribution in [0.1, 0.15) is 12.8 Å². The third-order valence-electron chi connectivity index (χ3n) is 8.23. The zero-order chi connectivity index (χ0) is 29.3. The van der Waals surface area contributed by atoms with Gasteiger partial charge in [0.2, 0.25) is 11.8 Å². The molecular formula is C31H33BrClN3O5. The average molecular weight is 643 g/mol. The predicted molar refractivity (Wildman–Crippen MR) is 162 cm³/mol. The number of hydrogen-bond acceptors (Lipinski definition) is 5. The van der Waals surface area contributed by atoms with E-state index < -0.39 is 29.6 Å². The molecule has 3 amide bonds. The summed E-state index contributed by atoms with van der Waals surface area (Å²) in [6.07, 6.45) is 3.35. The molecule has 0 aromatic heterocycles. The van der Waals surface area contributed by atoms with Crippen LogP contribution in [0, 0.1) is 11.8 Å². The first-order valence-corrected chi connectivity index (χ1v) is 15.0. The van der Waals surface area contributed by atoms with Crippen LogP contribution in [0.25, 0.3) is 0 Å². The fraction of sp³-hybridized carbons (Fsp3) is 0.387. The van der Waals surface area contributed by atoms with E-state index in [9.17, 15) is 19.5 Å². The van der Waals surface area contributed by atoms with Gasteiger partial charge in [-0.05, 0) is 49.2 Å². The number of para-hydroxylation sites is 1. The second-order valence-electron chi connectivity index (χ2n) is 10.6. The Bertz CT molecular complexity index is 1320. The molecule has 3 fully saturated rings. The Labute approximate surface area is 253 Å². The molecule has 3 heterocycles. The lowest BCUT2D eigenvalue weighted by atomic mass is 9.70. The highest BCUT2D eigenvalue weighted by atomic mass is 79.9. The lowest BCUT2D eigenvalue weighted by Gasteiger charge is -2.37. The van der Waals surface area contributed by atoms with Crippen LogP contribution in [0.15, 0.2) is 79.9 Å². The number of ether oxygens (including phenoxy) is 1. The first-order valence-electron chi connectivity index (χ1n) is 13.7. The molecule has 5 rings (SSSR count). The Morgan fingerprint density at radius 2 is 1.66 bits per heavy atom. The Hall–Kier alpha value is -2.98. The number of fused-ring (bicyclic) bond motifs is 1. The number of amides is 3. The molecular weight excluding hydrogens is 610 g/mol. The molecule has 0 saturated carbocycles. The van der Waals surface area contributed by atoms with Crippen molar-refractivity contribution in [3.63, 3.8) is 0 Å². The number of carbonyl (C=O) groups is 3. The van der Waals surface area contributed by atoms with Crippen molar-refractivity contribution < 1.29 is 24.2 Å². The minimum atomic E-state index is -1.22. The predicted octanol–water partition coefficient (Wildman–Crippen LogP) is 4.21. The number of carbonyl (C=O) groups excluding carboxylic acids is 3. The van der Waals surface area contributed by atoms with E-state index in [-0.39, 0.29) is 55.2 Å². The van der Waals surface area contributed by atoms with Crippen LogP contribution in [-0.4, -0.2) is 76.5 Å². The number of alkyl halides is 1. The summed E-state index contributed by atoms with van der Waals surface area (Å²) < 4.78 is 6.65. The second kappa shape index (κ2) is 12.1. The van der Waals surface area contributed by atoms with Gasteiger partial charge in [0.15, 0.2) is 0 Å². The van der Waals surface area contributed by atoms with Crippen molar-refractivity contribution in [2.45, 2.75) is 35.4 Å². The number of nitrogens with zero attached hydrogens (tertiary/aromatic N) is 3. The van der Waals surface area contributed by atoms with Gasteiger partial charge in [0.1, 0.15) is 11.6 Å². The van der Waals surface area contributed by atoms with Gasteiger partial charge in [0.25, 0.3) is 5.91 Å². The molecule has 10 heteroatoms. The molecule has 41 heavy (non-hydrogen) atoms. The van der Waals surface area contributed by atoms with Gasteiger partial charge in [-0.2, -0.15) is 0 Å². The van der Waals surface area contributed by atoms with Crippen LogP contribution in [-0.2, 0) is 19.1 Å². The third-order valence-corrected chi connectivity index (χ3v) is 9.32. The van der Waals surface area contributed by atoms with Gasteiger partial charge >= 0.3 is 0 Å². The van der Waals surface area contributed by atoms with Gasteiger partial charge in [-0.1, -0.05) is 57.9 Å². The van der Waals surface area contributed by atoms with Crippen molar-refractivity contribution >= 4 is 56.6 Å². The zero-order valence-corrected chi connectivity index (χ0v) is 24.9. The minimum absolute atomic E-state index is 0.149. The first kappa shape index (κ1) is 29.5. The number of halogens is 2. The molecule has 3 unspecified atom stereocenters. The highest BCUT2D eigenvalue weighted by molar-refractivity contribution is 9.09. The van der Waals surface area contributed by atoms with Gasteiger partial charge in [0, 0.05) is 47.5 Å². The van der Waals surface area contributed by atoms with Crippen molar-refractivity contribution in [2.24, 2.45) is 11.8 Å². The molecule has 3 aliphatic heterocycles. The SMILES string of the molecule is C=CCN(C(=O)C1N(CCCO)C(=O)[C@@H]2[C@H](C(=O)N(CC=C)c3ccccc3)[C@H]3OC12CC3Br)c1ccc(Cl)cc1. The Balaban J connectivity index is 1.57. The number of likely N-dealkylation sites (tertiary alicyclic amines) is 1. The second-order valence-corrected chi connectivity index (χ2v) is 12.2. The highest BCUT2D eigenvalue weighted by Crippen LogP contribution is 2.60. The summed E-state index contributed by atoms with van der Waals surface area (Å²) in [5, 5.41) is 10.2. The van der Waals surface area contributed by atoms with Crippen molar-refractivity contribution in [2.75, 3.05) is 36.0 Å². The molecule has 216 valence electrons. The molecule has 8 nitrogen and oxygen atoms in total. The standard InChI is InChI=1S/C31H33BrClN3O5/c1-3-15-34(21-9-6-5-7-10-21)28(38)24-25-29(39)36(17-8-18-37)27(31(25)19-23(32)26(24)41-31)30(40)35(16-4-2)22-13-11-20(33)12-14-22/h3-7,9-14,23-27,37H,1-2,8,15-19H2/t23?,24-,25-,26-,27?,31?/m0/s1. The Morgan fingerprint density at radius 1 is 1.05 bits per heavy atom. The van der Waals surface area contributed by atoms with E-state index in [1.807, 2.05) is 30.3 Å². The Kier molecular flexibility index (Phi) is 8.70. The van der Waals surface area contributed by atoms with E-state index in [0.29, 0.717) is 22.8 Å². The first-order chi connectivity index (χ1) is 19.8. The lowest BCUT2D eigenvalue weighted by Crippen LogP contribution is -2.57. The molecule has 2 aromatic carbocycles. The topological polar surface area (TPSA) is 90.4 Å². The summed E-state index contributed by atoms with van der Waals surface area (Å²) in [5.74, 6) is -2.55. The number of aliphatic hydroxyl groups is 1. The van der Waals surface area contributed by atoms with Crippen molar-refractivity contribution in [3.8, 4) is 0 Å². The van der Waals surface area contributed by atoms with Crippen LogP contribution < -0.4 is 9.80 Å². The van der Waals surface area contributed by atoms with Gasteiger partial charge in [-0.25, -0.2) is 0 Å². The molecule has 1 spiro atoms. The number of hydrogen-bond donors (Lipinski definition) is 1. The maximum Gasteiger partial charge on any atom is 0.253 e. The van der Waals surface area contributed by atoms with Gasteiger partial charge < -0.3 is 24.5 Å². The van der Waals surface area contributed by atoms with E-state index in [4.69, 9.17) is 16.3 Å². The number of benzene rings is 2. The van der Waals surface area contributed by atoms with Crippen LogP contribution in [0.5, 0.6) is 0 Å². The molecule has 0 aliphatic carbocycles. The van der Waals surface area contributed by atoms with Crippen molar-refractivity contribution in [1.29, 1.82) is 0 Å². The molecule has 2 bridgehead atoms. The summed E-state index contributed by atoms with van der Waals surface area (Å²) in [6.45, 7) is 8.12. The van der Waals surface area contributed by atoms with Gasteiger partial charge in [0.05, 0.1) is 17.9 Å². The number of rotatable bonds is 11. The van der Waals surface area contributed by atoms with Crippen LogP contribution in [0.2, 0.25) is 5.02 Å². The molecule has 0 radical (unpaired) electrons. The van der Waals surface area contributed by atoms with E-state index in [1.165, 1.54) is 4.90 Å². The maximum atomic E-state index is 14.5. The highest BCUT2D eigenvalue weighted by Gasteiger charge is 2.76. The summed E-state index contributed by atoms with van der Waals surface area (Å²) in [5.41, 5.74) is 0.0755. The summed E-state index contributed by atoms with van der Waals surface area (Å²) in [4.78, 5) is 47.5. The lowest BCUT2D eigenvalue weighted by molar-refractivity contribution is -0.140. The maximum absolute atomic E-state index is 14.5. The molecule has 3 aliphatic rings. The van der Waals surface area contributed by atoms with E-state index >= 15 is 0 Å². The average Bonchev–Trinajstić information content (AvgIpc) is 3.57. The van der Waals surface area contributed by atoms with Gasteiger partial charge in [-0.15, -0.1) is 13.2 Å². The van der Waals surface area contributed by atoms with Gasteiger partial charge in [-0.3, -0.25) is 14.4 Å². The minimum Gasteiger partial charge on any atom is -0.396 e. The van der Waals surface area contributed by atoms with Crippen LogP contribution >= 0.6 is 27.5 Å². The smallest absolute Gasteiger partial charge is 0.253 e. The quantitative estimate of drug-likeness (QED) is 0.293. The Morgan fingerprint density at radius 3 is 2.27 bits per heavy atom. The summed E-state index contributed by atoms with van der Waals surface area (Å²) in [6, 6.07) is 15.1. The van der Waals surface area contributed by atoms with Crippen molar-refractivity contribution in [3.05, 3.63) is 84.9 Å². The molecule has 1 N–H and O–H groups in total. The fourth-order valence-electron chi connectivity index (χ4n) is 6.63. The van der Waals surface area contributed by atoms with E-state index in [1.54, 1.807) is 46.2 Å². The molecule has 3 saturated heterocycles. The van der Waals surface area contributed by atoms with E-state index in [0.717, 1.165) is 0 Å². The monoisotopic (exact) mass is 641 g/mol. The summed E-state index contributed by atoms with van der Waals surface area (Å²) in [7, 11) is 0. The fourth-order valence-corrected chi connectivity index (χ4v) is 7.70. The zero-order valence-electron chi connectivity index (χ0n) is 22.6. The number of aliphatic hydroxyl groups excluding tert-OH is 1. The van der Waals surface area contributed by atoms with Crippen LogP contribution in [0.4, 0.5) is 11.4 Å². The van der Waals surface area contributed by atoms with Crippen molar-refractivity contribution in [1.82, 2.24) is 4.90 Å². The molecule has 6 atom stereocenters. The van der Waals surface area contributed by atoms with Crippen LogP contribution in [0.3, 0.4) is 0 Å². The largest absolute Gasteiger partial charge is 0.396 e. The molecule has 2 aromatic rings. The normalized spacial score (nSPS) is 27.9. The number of anilines is 2. The summed E-state index contributed by atoms with van der Waals surface area (Å²) >= 11 is 9.84. The third kappa shape index (κ3) is 5.03.